The molecule has 23 heavy (non-hydrogen) atoms. The van der Waals surface area contributed by atoms with Gasteiger partial charge in [-0.05, 0) is 49.2 Å². The van der Waals surface area contributed by atoms with E-state index in [1.807, 2.05) is 13.8 Å². The minimum absolute atomic E-state index is 0.222. The van der Waals surface area contributed by atoms with Gasteiger partial charge in [0.05, 0.1) is 24.0 Å². The molecule has 0 atom stereocenters. The smallest absolute Gasteiger partial charge is 0.261 e. The monoisotopic (exact) mass is 331 g/mol. The maximum Gasteiger partial charge on any atom is 0.261 e. The summed E-state index contributed by atoms with van der Waals surface area (Å²) in [5.74, 6) is 0.603. The Labute approximate surface area is 134 Å². The number of sulfonamides is 1. The molecule has 0 aliphatic rings. The van der Waals surface area contributed by atoms with Gasteiger partial charge in [0, 0.05) is 0 Å². The number of fused-ring (bicyclic) bond motifs is 1. The number of anilines is 1. The van der Waals surface area contributed by atoms with Gasteiger partial charge in [0.1, 0.15) is 16.8 Å². The van der Waals surface area contributed by atoms with Crippen LogP contribution in [0.3, 0.4) is 0 Å². The van der Waals surface area contributed by atoms with Crippen molar-refractivity contribution in [3.63, 3.8) is 0 Å². The molecule has 0 saturated carbocycles. The normalized spacial score (nSPS) is 11.6. The Kier molecular flexibility index (Phi) is 3.73. The number of aryl methyl sites for hydroxylation is 2. The molecule has 3 rings (SSSR count). The average Bonchev–Trinajstić information content (AvgIpc) is 3.00. The first-order valence-electron chi connectivity index (χ1n) is 7.02. The first kappa shape index (κ1) is 15.4. The molecular formula is C16H17N3O3S. The van der Waals surface area contributed by atoms with Gasteiger partial charge < -0.3 is 9.72 Å². The summed E-state index contributed by atoms with van der Waals surface area (Å²) < 4.78 is 33.0. The van der Waals surface area contributed by atoms with Crippen LogP contribution >= 0.6 is 0 Å². The van der Waals surface area contributed by atoms with E-state index in [-0.39, 0.29) is 4.90 Å². The fraction of sp³-hybridized carbons (Fsp3) is 0.188. The summed E-state index contributed by atoms with van der Waals surface area (Å²) in [7, 11) is -2.14. The molecule has 0 fully saturated rings. The molecule has 0 amide bonds. The Balaban J connectivity index is 2.04. The van der Waals surface area contributed by atoms with Crippen molar-refractivity contribution >= 4 is 26.7 Å². The van der Waals surface area contributed by atoms with E-state index in [0.29, 0.717) is 22.5 Å². The number of H-pyrrole nitrogens is 1. The van der Waals surface area contributed by atoms with Crippen molar-refractivity contribution in [3.05, 3.63) is 47.8 Å². The third-order valence-electron chi connectivity index (χ3n) is 3.80. The van der Waals surface area contributed by atoms with Crippen LogP contribution in [0, 0.1) is 13.8 Å². The fourth-order valence-electron chi connectivity index (χ4n) is 2.34. The number of aromatic amines is 1. The quantitative estimate of drug-likeness (QED) is 0.770. The molecule has 0 aliphatic carbocycles. The number of hydrogen-bond acceptors (Lipinski definition) is 4. The van der Waals surface area contributed by atoms with Crippen molar-refractivity contribution in [2.75, 3.05) is 11.8 Å². The maximum absolute atomic E-state index is 12.6. The molecule has 120 valence electrons. The fourth-order valence-corrected chi connectivity index (χ4v) is 3.50. The Morgan fingerprint density at radius 3 is 2.61 bits per heavy atom. The Bertz CT molecular complexity index is 977. The molecule has 0 aliphatic heterocycles. The predicted molar refractivity (Wildman–Crippen MR) is 89.4 cm³/mol. The van der Waals surface area contributed by atoms with Gasteiger partial charge in [-0.2, -0.15) is 0 Å². The summed E-state index contributed by atoms with van der Waals surface area (Å²) in [5.41, 5.74) is 3.53. The van der Waals surface area contributed by atoms with Gasteiger partial charge in [0.15, 0.2) is 0 Å². The molecule has 0 radical (unpaired) electrons. The molecule has 0 saturated heterocycles. The molecule has 1 heterocycles. The van der Waals surface area contributed by atoms with Crippen LogP contribution in [0.5, 0.6) is 5.75 Å². The van der Waals surface area contributed by atoms with E-state index in [1.54, 1.807) is 37.4 Å². The number of nitrogens with one attached hydrogen (secondary N) is 2. The van der Waals surface area contributed by atoms with Crippen LogP contribution in [0.4, 0.5) is 5.69 Å². The molecule has 1 aromatic heterocycles. The van der Waals surface area contributed by atoms with Gasteiger partial charge in [-0.25, -0.2) is 13.4 Å². The number of ether oxygens (including phenoxy) is 1. The summed E-state index contributed by atoms with van der Waals surface area (Å²) in [6, 6.07) is 8.38. The summed E-state index contributed by atoms with van der Waals surface area (Å²) in [6.45, 7) is 3.82. The second kappa shape index (κ2) is 5.58. The molecule has 0 spiro atoms. The van der Waals surface area contributed by atoms with E-state index in [0.717, 1.165) is 11.1 Å². The van der Waals surface area contributed by atoms with Gasteiger partial charge >= 0.3 is 0 Å². The first-order valence-corrected chi connectivity index (χ1v) is 8.51. The average molecular weight is 331 g/mol. The number of methoxy groups -OCH3 is 1. The van der Waals surface area contributed by atoms with E-state index < -0.39 is 10.0 Å². The third kappa shape index (κ3) is 2.75. The van der Waals surface area contributed by atoms with E-state index >= 15 is 0 Å². The molecule has 2 aromatic carbocycles. The summed E-state index contributed by atoms with van der Waals surface area (Å²) >= 11 is 0. The number of benzene rings is 2. The number of hydrogen-bond donors (Lipinski definition) is 2. The zero-order valence-electron chi connectivity index (χ0n) is 13.0. The van der Waals surface area contributed by atoms with E-state index in [4.69, 9.17) is 4.74 Å². The van der Waals surface area contributed by atoms with Gasteiger partial charge in [0.25, 0.3) is 10.0 Å². The lowest BCUT2D eigenvalue weighted by Crippen LogP contribution is -2.13. The van der Waals surface area contributed by atoms with Gasteiger partial charge in [-0.1, -0.05) is 6.07 Å². The van der Waals surface area contributed by atoms with Crippen molar-refractivity contribution in [3.8, 4) is 5.75 Å². The molecule has 0 bridgehead atoms. The summed E-state index contributed by atoms with van der Waals surface area (Å²) in [6.07, 6.45) is 1.50. The molecule has 7 heteroatoms. The number of rotatable bonds is 4. The van der Waals surface area contributed by atoms with Crippen LogP contribution in [0.2, 0.25) is 0 Å². The van der Waals surface area contributed by atoms with Crippen LogP contribution in [0.15, 0.2) is 41.6 Å². The van der Waals surface area contributed by atoms with Crippen LogP contribution in [-0.2, 0) is 10.0 Å². The lowest BCUT2D eigenvalue weighted by atomic mass is 10.1. The predicted octanol–water partition coefficient (Wildman–Crippen LogP) is 2.99. The Morgan fingerprint density at radius 1 is 1.13 bits per heavy atom. The third-order valence-corrected chi connectivity index (χ3v) is 5.16. The molecule has 6 nitrogen and oxygen atoms in total. The number of nitrogens with zero attached hydrogens (tertiary/aromatic N) is 1. The second-order valence-corrected chi connectivity index (χ2v) is 6.98. The standard InChI is InChI=1S/C16H17N3O3S/c1-10-4-5-12(8-11(10)2)23(20,21)19-13-6-7-14(22-3)16-15(13)17-9-18-16/h4-9,19H,1-3H3,(H,17,18). The lowest BCUT2D eigenvalue weighted by Gasteiger charge is -2.11. The highest BCUT2D eigenvalue weighted by Gasteiger charge is 2.18. The zero-order valence-corrected chi connectivity index (χ0v) is 13.9. The van der Waals surface area contributed by atoms with E-state index in [1.165, 1.54) is 6.33 Å². The first-order chi connectivity index (χ1) is 10.9. The molecule has 2 N–H and O–H groups in total. The minimum Gasteiger partial charge on any atom is -0.494 e. The van der Waals surface area contributed by atoms with Crippen LogP contribution < -0.4 is 9.46 Å². The highest BCUT2D eigenvalue weighted by Crippen LogP contribution is 2.30. The summed E-state index contributed by atoms with van der Waals surface area (Å²) in [4.78, 5) is 7.35. The van der Waals surface area contributed by atoms with Crippen LogP contribution in [-0.4, -0.2) is 25.5 Å². The topological polar surface area (TPSA) is 84.1 Å². The lowest BCUT2D eigenvalue weighted by molar-refractivity contribution is 0.419. The maximum atomic E-state index is 12.6. The second-order valence-electron chi connectivity index (χ2n) is 5.29. The highest BCUT2D eigenvalue weighted by molar-refractivity contribution is 7.92. The summed E-state index contributed by atoms with van der Waals surface area (Å²) in [5, 5.41) is 0. The van der Waals surface area contributed by atoms with Crippen molar-refractivity contribution in [1.82, 2.24) is 9.97 Å². The Hall–Kier alpha value is -2.54. The largest absolute Gasteiger partial charge is 0.494 e. The van der Waals surface area contributed by atoms with Crippen LogP contribution in [0.1, 0.15) is 11.1 Å². The van der Waals surface area contributed by atoms with Crippen molar-refractivity contribution < 1.29 is 13.2 Å². The van der Waals surface area contributed by atoms with E-state index in [2.05, 4.69) is 14.7 Å². The number of imidazole rings is 1. The minimum atomic E-state index is -3.69. The molecule has 0 unspecified atom stereocenters. The SMILES string of the molecule is COc1ccc(NS(=O)(=O)c2ccc(C)c(C)c2)c2nc[nH]c12. The van der Waals surface area contributed by atoms with Crippen LogP contribution in [0.25, 0.3) is 11.0 Å². The molecule has 3 aromatic rings. The van der Waals surface area contributed by atoms with Gasteiger partial charge in [-0.15, -0.1) is 0 Å². The van der Waals surface area contributed by atoms with Crippen molar-refractivity contribution in [1.29, 1.82) is 0 Å². The van der Waals surface area contributed by atoms with E-state index in [9.17, 15) is 8.42 Å². The van der Waals surface area contributed by atoms with Gasteiger partial charge in [0.2, 0.25) is 0 Å². The number of aromatic nitrogens is 2. The molecular weight excluding hydrogens is 314 g/mol. The van der Waals surface area contributed by atoms with Gasteiger partial charge in [-0.3, -0.25) is 4.72 Å². The Morgan fingerprint density at radius 2 is 1.91 bits per heavy atom. The highest BCUT2D eigenvalue weighted by atomic mass is 32.2. The van der Waals surface area contributed by atoms with Crippen molar-refractivity contribution in [2.45, 2.75) is 18.7 Å². The zero-order chi connectivity index (χ0) is 16.6. The van der Waals surface area contributed by atoms with Crippen molar-refractivity contribution in [2.24, 2.45) is 0 Å².